The maximum absolute atomic E-state index is 13.1. The lowest BCUT2D eigenvalue weighted by molar-refractivity contribution is 0.144. The second-order valence-corrected chi connectivity index (χ2v) is 9.78. The van der Waals surface area contributed by atoms with E-state index in [-0.39, 0.29) is 23.1 Å². The van der Waals surface area contributed by atoms with Gasteiger partial charge in [-0.15, -0.1) is 0 Å². The van der Waals surface area contributed by atoms with Crippen LogP contribution in [-0.2, 0) is 9.84 Å². The molecular formula is C19H22F2N6O2S. The van der Waals surface area contributed by atoms with Crippen LogP contribution in [0.2, 0.25) is 0 Å². The summed E-state index contributed by atoms with van der Waals surface area (Å²) in [6.45, 7) is 3.02. The molecule has 4 rings (SSSR count). The molecule has 1 fully saturated rings. The fraction of sp³-hybridized carbons (Fsp3) is 0.474. The molecule has 0 saturated carbocycles. The summed E-state index contributed by atoms with van der Waals surface area (Å²) in [4.78, 5) is 14.9. The minimum atomic E-state index is -3.04. The van der Waals surface area contributed by atoms with Crippen LogP contribution < -0.4 is 4.90 Å². The molecule has 8 nitrogen and oxygen atoms in total. The van der Waals surface area contributed by atoms with Gasteiger partial charge in [0.2, 0.25) is 0 Å². The smallest absolute Gasteiger partial charge is 0.282 e. The fourth-order valence-corrected chi connectivity index (χ4v) is 4.95. The van der Waals surface area contributed by atoms with Crippen LogP contribution in [0.1, 0.15) is 31.9 Å². The third-order valence-electron chi connectivity index (χ3n) is 5.29. The fourth-order valence-electron chi connectivity index (χ4n) is 3.72. The third kappa shape index (κ3) is 4.25. The summed E-state index contributed by atoms with van der Waals surface area (Å²) >= 11 is 0. The van der Waals surface area contributed by atoms with Crippen LogP contribution in [-0.4, -0.2) is 57.6 Å². The van der Waals surface area contributed by atoms with Crippen LogP contribution in [0.5, 0.6) is 0 Å². The predicted molar refractivity (Wildman–Crippen MR) is 108 cm³/mol. The Balaban J connectivity index is 1.62. The van der Waals surface area contributed by atoms with Crippen LogP contribution >= 0.6 is 0 Å². The zero-order valence-electron chi connectivity index (χ0n) is 16.4. The van der Waals surface area contributed by atoms with Gasteiger partial charge in [0.15, 0.2) is 5.65 Å². The Morgan fingerprint density at radius 3 is 2.83 bits per heavy atom. The molecule has 1 unspecified atom stereocenters. The Hall–Kier alpha value is -2.69. The highest BCUT2D eigenvalue weighted by Gasteiger charge is 2.25. The highest BCUT2D eigenvalue weighted by atomic mass is 32.2. The number of anilines is 1. The molecule has 30 heavy (non-hydrogen) atoms. The van der Waals surface area contributed by atoms with Gasteiger partial charge in [0.25, 0.3) is 6.43 Å². The lowest BCUT2D eigenvalue weighted by atomic mass is 10.00. The summed E-state index contributed by atoms with van der Waals surface area (Å²) in [6.07, 6.45) is 2.00. The van der Waals surface area contributed by atoms with Crippen LogP contribution in [0.3, 0.4) is 0 Å². The maximum Gasteiger partial charge on any atom is 0.282 e. The van der Waals surface area contributed by atoms with Gasteiger partial charge in [-0.25, -0.2) is 36.7 Å². The lowest BCUT2D eigenvalue weighted by Gasteiger charge is -2.33. The topological polar surface area (TPSA) is 93.4 Å². The number of sulfone groups is 1. The molecule has 0 aliphatic carbocycles. The minimum Gasteiger partial charge on any atom is -0.356 e. The van der Waals surface area contributed by atoms with Gasteiger partial charge >= 0.3 is 0 Å². The van der Waals surface area contributed by atoms with E-state index >= 15 is 0 Å². The highest BCUT2D eigenvalue weighted by molar-refractivity contribution is 7.91. The van der Waals surface area contributed by atoms with E-state index in [1.54, 1.807) is 13.0 Å². The molecule has 11 heteroatoms. The molecule has 0 spiro atoms. The summed E-state index contributed by atoms with van der Waals surface area (Å²) in [5.74, 6) is 1.03. The van der Waals surface area contributed by atoms with Crippen molar-refractivity contribution < 1.29 is 17.2 Å². The highest BCUT2D eigenvalue weighted by Crippen LogP contribution is 2.26. The number of imidazole rings is 1. The van der Waals surface area contributed by atoms with Gasteiger partial charge in [-0.3, -0.25) is 0 Å². The van der Waals surface area contributed by atoms with Gasteiger partial charge in [-0.05, 0) is 30.9 Å². The van der Waals surface area contributed by atoms with E-state index in [1.165, 1.54) is 29.2 Å². The SMILES string of the molecule is CCS(=O)(=O)CC1CCCN(c2cc(-c3cnc4ccc(C(F)F)nn34)ncn2)C1. The van der Waals surface area contributed by atoms with E-state index in [1.807, 2.05) is 4.90 Å². The number of aromatic nitrogens is 5. The molecule has 3 aromatic heterocycles. The number of halogens is 2. The van der Waals surface area contributed by atoms with E-state index < -0.39 is 16.3 Å². The summed E-state index contributed by atoms with van der Waals surface area (Å²) < 4.78 is 51.5. The molecule has 4 heterocycles. The average molecular weight is 436 g/mol. The van der Waals surface area contributed by atoms with Crippen molar-refractivity contribution in [3.8, 4) is 11.4 Å². The number of hydrogen-bond acceptors (Lipinski definition) is 7. The van der Waals surface area contributed by atoms with Gasteiger partial charge < -0.3 is 4.90 Å². The first-order chi connectivity index (χ1) is 14.4. The number of rotatable bonds is 6. The number of piperidine rings is 1. The Labute approximate surface area is 172 Å². The predicted octanol–water partition coefficient (Wildman–Crippen LogP) is 2.78. The first kappa shape index (κ1) is 20.6. The maximum atomic E-state index is 13.1. The Bertz CT molecular complexity index is 1150. The largest absolute Gasteiger partial charge is 0.356 e. The van der Waals surface area contributed by atoms with Crippen molar-refractivity contribution in [2.75, 3.05) is 29.5 Å². The van der Waals surface area contributed by atoms with Crippen LogP contribution in [0.4, 0.5) is 14.6 Å². The molecule has 1 atom stereocenters. The first-order valence-electron chi connectivity index (χ1n) is 9.77. The standard InChI is InChI=1S/C19H22F2N6O2S/c1-2-30(28,29)11-13-4-3-7-26(10-13)18-8-15(23-12-24-18)16-9-22-17-6-5-14(19(20)21)25-27(16)17/h5-6,8-9,12-13,19H,2-4,7,10-11H2,1H3. The summed E-state index contributed by atoms with van der Waals surface area (Å²) in [5, 5.41) is 3.98. The van der Waals surface area contributed by atoms with Crippen LogP contribution in [0.15, 0.2) is 30.7 Å². The van der Waals surface area contributed by atoms with Gasteiger partial charge in [0, 0.05) is 24.9 Å². The lowest BCUT2D eigenvalue weighted by Crippen LogP contribution is -2.38. The third-order valence-corrected chi connectivity index (χ3v) is 7.15. The number of hydrogen-bond donors (Lipinski definition) is 0. The number of alkyl halides is 2. The molecule has 3 aromatic rings. The van der Waals surface area contributed by atoms with E-state index in [4.69, 9.17) is 0 Å². The molecule has 0 radical (unpaired) electrons. The van der Waals surface area contributed by atoms with Crippen molar-refractivity contribution in [1.82, 2.24) is 24.6 Å². The summed E-state index contributed by atoms with van der Waals surface area (Å²) in [5.41, 5.74) is 1.09. The second-order valence-electron chi connectivity index (χ2n) is 7.39. The van der Waals surface area contributed by atoms with Crippen molar-refractivity contribution in [2.45, 2.75) is 26.2 Å². The molecule has 1 aliphatic rings. The molecule has 1 aliphatic heterocycles. The second kappa shape index (κ2) is 8.21. The molecule has 0 bridgehead atoms. The monoisotopic (exact) mass is 436 g/mol. The summed E-state index contributed by atoms with van der Waals surface area (Å²) in [6, 6.07) is 4.50. The molecule has 0 aromatic carbocycles. The number of fused-ring (bicyclic) bond motifs is 1. The van der Waals surface area contributed by atoms with Gasteiger partial charge in [0.05, 0.1) is 17.6 Å². The average Bonchev–Trinajstić information content (AvgIpc) is 3.17. The van der Waals surface area contributed by atoms with Crippen molar-refractivity contribution in [3.63, 3.8) is 0 Å². The van der Waals surface area contributed by atoms with Gasteiger partial charge in [-0.1, -0.05) is 6.92 Å². The van der Waals surface area contributed by atoms with Crippen molar-refractivity contribution in [3.05, 3.63) is 36.4 Å². The van der Waals surface area contributed by atoms with E-state index in [0.29, 0.717) is 29.4 Å². The zero-order valence-corrected chi connectivity index (χ0v) is 17.3. The Morgan fingerprint density at radius 1 is 1.23 bits per heavy atom. The summed E-state index contributed by atoms with van der Waals surface area (Å²) in [7, 11) is -3.04. The Kier molecular flexibility index (Phi) is 5.63. The van der Waals surface area contributed by atoms with Crippen molar-refractivity contribution >= 4 is 21.3 Å². The van der Waals surface area contributed by atoms with Crippen molar-refractivity contribution in [1.29, 1.82) is 0 Å². The van der Waals surface area contributed by atoms with E-state index in [0.717, 1.165) is 19.4 Å². The quantitative estimate of drug-likeness (QED) is 0.587. The zero-order chi connectivity index (χ0) is 21.3. The van der Waals surface area contributed by atoms with Gasteiger partial charge in [0.1, 0.15) is 33.4 Å². The molecule has 0 amide bonds. The van der Waals surface area contributed by atoms with Crippen LogP contribution in [0, 0.1) is 5.92 Å². The van der Waals surface area contributed by atoms with Crippen LogP contribution in [0.25, 0.3) is 17.0 Å². The molecule has 1 saturated heterocycles. The van der Waals surface area contributed by atoms with E-state index in [2.05, 4.69) is 20.1 Å². The van der Waals surface area contributed by atoms with Crippen molar-refractivity contribution in [2.24, 2.45) is 5.92 Å². The first-order valence-corrected chi connectivity index (χ1v) is 11.6. The molecule has 0 N–H and O–H groups in total. The minimum absolute atomic E-state index is 0.0492. The molecule has 160 valence electrons. The Morgan fingerprint density at radius 2 is 2.07 bits per heavy atom. The molecular weight excluding hydrogens is 414 g/mol. The van der Waals surface area contributed by atoms with E-state index in [9.17, 15) is 17.2 Å². The normalized spacial score (nSPS) is 17.7. The number of nitrogens with zero attached hydrogens (tertiary/aromatic N) is 6. The van der Waals surface area contributed by atoms with Gasteiger partial charge in [-0.2, -0.15) is 5.10 Å².